The molecule has 0 fully saturated rings. The van der Waals surface area contributed by atoms with Gasteiger partial charge in [0.25, 0.3) is 0 Å². The maximum atomic E-state index is 6.00. The van der Waals surface area contributed by atoms with Crippen molar-refractivity contribution < 1.29 is 0 Å². The van der Waals surface area contributed by atoms with Crippen LogP contribution in [0.15, 0.2) is 12.1 Å². The van der Waals surface area contributed by atoms with Crippen LogP contribution in [-0.4, -0.2) is 9.97 Å². The first-order chi connectivity index (χ1) is 8.06. The quantitative estimate of drug-likeness (QED) is 0.865. The van der Waals surface area contributed by atoms with Crippen molar-refractivity contribution in [3.05, 3.63) is 37.9 Å². The van der Waals surface area contributed by atoms with Crippen molar-refractivity contribution in [2.24, 2.45) is 0 Å². The molecular weight excluding hydrogens is 277 g/mol. The molecule has 2 aromatic rings. The van der Waals surface area contributed by atoms with Crippen molar-refractivity contribution in [3.8, 4) is 0 Å². The van der Waals surface area contributed by atoms with Gasteiger partial charge in [-0.15, -0.1) is 11.3 Å². The molecule has 2 heterocycles. The van der Waals surface area contributed by atoms with E-state index in [1.54, 1.807) is 11.3 Å². The van der Waals surface area contributed by atoms with Crippen molar-refractivity contribution in [2.75, 3.05) is 5.32 Å². The fourth-order valence-electron chi connectivity index (χ4n) is 1.38. The molecule has 0 atom stereocenters. The lowest BCUT2D eigenvalue weighted by Crippen LogP contribution is -2.04. The van der Waals surface area contributed by atoms with Crippen LogP contribution < -0.4 is 5.32 Å². The van der Waals surface area contributed by atoms with Gasteiger partial charge in [-0.2, -0.15) is 0 Å². The molecule has 0 bridgehead atoms. The van der Waals surface area contributed by atoms with E-state index >= 15 is 0 Å². The number of anilines is 1. The van der Waals surface area contributed by atoms with Gasteiger partial charge in [0.15, 0.2) is 0 Å². The predicted molar refractivity (Wildman–Crippen MR) is 73.2 cm³/mol. The standard InChI is InChI=1S/C11H11Cl2N3S/c1-6-10(13)15-7(2)16-11(6)14-5-8-3-4-9(12)17-8/h3-4H,5H2,1-2H3,(H,14,15,16). The van der Waals surface area contributed by atoms with Gasteiger partial charge >= 0.3 is 0 Å². The summed E-state index contributed by atoms with van der Waals surface area (Å²) in [7, 11) is 0. The van der Waals surface area contributed by atoms with Gasteiger partial charge in [0, 0.05) is 10.4 Å². The lowest BCUT2D eigenvalue weighted by Gasteiger charge is -2.09. The van der Waals surface area contributed by atoms with Crippen LogP contribution in [0.4, 0.5) is 5.82 Å². The summed E-state index contributed by atoms with van der Waals surface area (Å²) in [6, 6.07) is 3.87. The molecule has 0 aliphatic heterocycles. The Hall–Kier alpha value is -0.840. The second kappa shape index (κ2) is 5.21. The third kappa shape index (κ3) is 3.09. The maximum absolute atomic E-state index is 6.00. The molecule has 0 aromatic carbocycles. The van der Waals surface area contributed by atoms with E-state index in [-0.39, 0.29) is 0 Å². The molecule has 0 aliphatic rings. The van der Waals surface area contributed by atoms with Crippen molar-refractivity contribution in [1.82, 2.24) is 9.97 Å². The second-order valence-corrected chi connectivity index (χ2v) is 5.75. The first-order valence-corrected chi connectivity index (χ1v) is 6.62. The average Bonchev–Trinajstić information content (AvgIpc) is 2.67. The fraction of sp³-hybridized carbons (Fsp3) is 0.273. The average molecular weight is 288 g/mol. The number of aromatic nitrogens is 2. The zero-order chi connectivity index (χ0) is 12.4. The molecule has 0 radical (unpaired) electrons. The Kier molecular flexibility index (Phi) is 3.86. The van der Waals surface area contributed by atoms with Gasteiger partial charge in [-0.05, 0) is 26.0 Å². The summed E-state index contributed by atoms with van der Waals surface area (Å²) in [5.41, 5.74) is 0.861. The number of aryl methyl sites for hydroxylation is 1. The zero-order valence-corrected chi connectivity index (χ0v) is 11.7. The molecule has 1 N–H and O–H groups in total. The highest BCUT2D eigenvalue weighted by Crippen LogP contribution is 2.24. The number of hydrogen-bond acceptors (Lipinski definition) is 4. The Morgan fingerprint density at radius 2 is 2.00 bits per heavy atom. The van der Waals surface area contributed by atoms with Crippen LogP contribution in [0.3, 0.4) is 0 Å². The van der Waals surface area contributed by atoms with E-state index in [1.165, 1.54) is 0 Å². The minimum absolute atomic E-state index is 0.490. The number of nitrogens with zero attached hydrogens (tertiary/aromatic N) is 2. The van der Waals surface area contributed by atoms with Crippen molar-refractivity contribution in [2.45, 2.75) is 20.4 Å². The molecule has 90 valence electrons. The Morgan fingerprint density at radius 1 is 1.24 bits per heavy atom. The monoisotopic (exact) mass is 287 g/mol. The topological polar surface area (TPSA) is 37.8 Å². The number of hydrogen-bond donors (Lipinski definition) is 1. The van der Waals surface area contributed by atoms with Gasteiger partial charge in [-0.1, -0.05) is 23.2 Å². The van der Waals surface area contributed by atoms with Crippen LogP contribution in [0.1, 0.15) is 16.3 Å². The largest absolute Gasteiger partial charge is 0.365 e. The number of nitrogens with one attached hydrogen (secondary N) is 1. The molecule has 0 aliphatic carbocycles. The van der Waals surface area contributed by atoms with Gasteiger partial charge in [-0.25, -0.2) is 9.97 Å². The summed E-state index contributed by atoms with van der Waals surface area (Å²) >= 11 is 13.4. The van der Waals surface area contributed by atoms with E-state index in [1.807, 2.05) is 26.0 Å². The third-order valence-corrected chi connectivity index (χ3v) is 3.86. The molecule has 0 saturated carbocycles. The van der Waals surface area contributed by atoms with Gasteiger partial charge in [-0.3, -0.25) is 0 Å². The van der Waals surface area contributed by atoms with Gasteiger partial charge in [0.2, 0.25) is 0 Å². The highest BCUT2D eigenvalue weighted by Gasteiger charge is 2.07. The minimum Gasteiger partial charge on any atom is -0.365 e. The maximum Gasteiger partial charge on any atom is 0.137 e. The van der Waals surface area contributed by atoms with Gasteiger partial charge in [0.1, 0.15) is 16.8 Å². The Bertz CT molecular complexity index is 540. The Morgan fingerprint density at radius 3 is 2.65 bits per heavy atom. The van der Waals surface area contributed by atoms with Crippen LogP contribution >= 0.6 is 34.5 Å². The summed E-state index contributed by atoms with van der Waals surface area (Å²) in [6.07, 6.45) is 0. The highest BCUT2D eigenvalue weighted by atomic mass is 35.5. The lowest BCUT2D eigenvalue weighted by atomic mass is 10.3. The molecule has 0 amide bonds. The van der Waals surface area contributed by atoms with Crippen LogP contribution in [0.5, 0.6) is 0 Å². The summed E-state index contributed by atoms with van der Waals surface area (Å²) in [5, 5.41) is 3.73. The van der Waals surface area contributed by atoms with E-state index in [2.05, 4.69) is 15.3 Å². The Labute approximate surface area is 114 Å². The molecule has 0 spiro atoms. The van der Waals surface area contributed by atoms with Gasteiger partial charge in [0.05, 0.1) is 10.9 Å². The summed E-state index contributed by atoms with van der Waals surface area (Å²) in [6.45, 7) is 4.40. The van der Waals surface area contributed by atoms with Crippen molar-refractivity contribution in [3.63, 3.8) is 0 Å². The van der Waals surface area contributed by atoms with E-state index in [9.17, 15) is 0 Å². The number of thiophene rings is 1. The molecule has 2 rings (SSSR count). The molecule has 6 heteroatoms. The molecule has 3 nitrogen and oxygen atoms in total. The predicted octanol–water partition coefficient (Wildman–Crippen LogP) is 4.07. The fourth-order valence-corrected chi connectivity index (χ4v) is 2.62. The molecular formula is C11H11Cl2N3S. The SMILES string of the molecule is Cc1nc(Cl)c(C)c(NCc2ccc(Cl)s2)n1. The Balaban J connectivity index is 2.14. The summed E-state index contributed by atoms with van der Waals surface area (Å²) < 4.78 is 0.787. The second-order valence-electron chi connectivity index (χ2n) is 3.59. The van der Waals surface area contributed by atoms with E-state index in [0.29, 0.717) is 17.5 Å². The smallest absolute Gasteiger partial charge is 0.137 e. The van der Waals surface area contributed by atoms with Gasteiger partial charge < -0.3 is 5.32 Å². The number of rotatable bonds is 3. The van der Waals surface area contributed by atoms with E-state index in [4.69, 9.17) is 23.2 Å². The molecule has 0 saturated heterocycles. The first kappa shape index (κ1) is 12.6. The van der Waals surface area contributed by atoms with Crippen molar-refractivity contribution >= 4 is 40.4 Å². The highest BCUT2D eigenvalue weighted by molar-refractivity contribution is 7.16. The van der Waals surface area contributed by atoms with Crippen LogP contribution in [0.2, 0.25) is 9.49 Å². The van der Waals surface area contributed by atoms with E-state index < -0.39 is 0 Å². The molecule has 17 heavy (non-hydrogen) atoms. The summed E-state index contributed by atoms with van der Waals surface area (Å²) in [5.74, 6) is 1.43. The van der Waals surface area contributed by atoms with Crippen LogP contribution in [0, 0.1) is 13.8 Å². The first-order valence-electron chi connectivity index (χ1n) is 5.05. The summed E-state index contributed by atoms with van der Waals surface area (Å²) in [4.78, 5) is 9.56. The molecule has 2 aromatic heterocycles. The lowest BCUT2D eigenvalue weighted by molar-refractivity contribution is 1.01. The third-order valence-electron chi connectivity index (χ3n) is 2.26. The van der Waals surface area contributed by atoms with Crippen LogP contribution in [0.25, 0.3) is 0 Å². The number of halogens is 2. The van der Waals surface area contributed by atoms with Crippen LogP contribution in [-0.2, 0) is 6.54 Å². The molecule has 0 unspecified atom stereocenters. The van der Waals surface area contributed by atoms with E-state index in [0.717, 1.165) is 20.6 Å². The zero-order valence-electron chi connectivity index (χ0n) is 9.42. The normalized spacial score (nSPS) is 10.6. The van der Waals surface area contributed by atoms with Crippen molar-refractivity contribution in [1.29, 1.82) is 0 Å². The minimum atomic E-state index is 0.490.